The van der Waals surface area contributed by atoms with Gasteiger partial charge in [-0.1, -0.05) is 50.3 Å². The molecule has 3 heteroatoms. The zero-order valence-electron chi connectivity index (χ0n) is 13.0. The van der Waals surface area contributed by atoms with Crippen molar-refractivity contribution in [1.82, 2.24) is 0 Å². The average molecular weight is 295 g/mol. The molecule has 1 unspecified atom stereocenters. The van der Waals surface area contributed by atoms with Crippen molar-refractivity contribution in [2.75, 3.05) is 18.1 Å². The molecule has 0 N–H and O–H groups in total. The van der Waals surface area contributed by atoms with Gasteiger partial charge in [0.25, 0.3) is 0 Å². The first-order valence-electron chi connectivity index (χ1n) is 7.83. The van der Waals surface area contributed by atoms with Gasteiger partial charge in [0.15, 0.2) is 11.5 Å². The third-order valence-corrected chi connectivity index (χ3v) is 3.66. The molecule has 3 nitrogen and oxygen atoms in total. The van der Waals surface area contributed by atoms with Gasteiger partial charge in [-0.3, -0.25) is 0 Å². The Balaban J connectivity index is 0.000000693. The Hall–Kier alpha value is -2.26. The van der Waals surface area contributed by atoms with Crippen molar-refractivity contribution >= 4 is 11.4 Å². The molecular formula is C19H21NO2. The Morgan fingerprint density at radius 3 is 2.05 bits per heavy atom. The van der Waals surface area contributed by atoms with Gasteiger partial charge in [-0.15, -0.1) is 0 Å². The van der Waals surface area contributed by atoms with Gasteiger partial charge in [0.1, 0.15) is 0 Å². The molecular weight excluding hydrogens is 274 g/mol. The van der Waals surface area contributed by atoms with Gasteiger partial charge >= 0.3 is 0 Å². The molecule has 22 heavy (non-hydrogen) atoms. The van der Waals surface area contributed by atoms with Gasteiger partial charge in [-0.2, -0.15) is 0 Å². The fraction of sp³-hybridized carbons (Fsp3) is 0.263. The maximum Gasteiger partial charge on any atom is 0.151 e. The van der Waals surface area contributed by atoms with Crippen molar-refractivity contribution in [3.05, 3.63) is 60.7 Å². The Morgan fingerprint density at radius 1 is 0.909 bits per heavy atom. The first-order chi connectivity index (χ1) is 10.9. The van der Waals surface area contributed by atoms with Gasteiger partial charge in [-0.25, -0.2) is 0 Å². The highest BCUT2D eigenvalue weighted by Crippen LogP contribution is 2.47. The van der Waals surface area contributed by atoms with E-state index in [2.05, 4.69) is 29.2 Å². The molecule has 2 aromatic carbocycles. The maximum absolute atomic E-state index is 5.99. The predicted molar refractivity (Wildman–Crippen MR) is 90.2 cm³/mol. The van der Waals surface area contributed by atoms with Crippen LogP contribution in [0.4, 0.5) is 11.4 Å². The lowest BCUT2D eigenvalue weighted by Gasteiger charge is -2.38. The number of nitrogens with zero attached hydrogens (tertiary/aromatic N) is 1. The molecule has 1 atom stereocenters. The van der Waals surface area contributed by atoms with Crippen LogP contribution in [-0.4, -0.2) is 19.3 Å². The van der Waals surface area contributed by atoms with Crippen LogP contribution in [0.15, 0.2) is 60.7 Å². The number of rotatable bonds is 1. The number of ether oxygens (including phenoxy) is 2. The van der Waals surface area contributed by atoms with E-state index in [0.29, 0.717) is 13.2 Å². The van der Waals surface area contributed by atoms with Crippen molar-refractivity contribution in [2.45, 2.75) is 19.9 Å². The Morgan fingerprint density at radius 2 is 1.50 bits per heavy atom. The fourth-order valence-corrected chi connectivity index (χ4v) is 2.78. The van der Waals surface area contributed by atoms with E-state index < -0.39 is 0 Å². The fourth-order valence-electron chi connectivity index (χ4n) is 2.78. The van der Waals surface area contributed by atoms with E-state index in [0.717, 1.165) is 22.9 Å². The second-order valence-electron chi connectivity index (χ2n) is 4.94. The maximum atomic E-state index is 5.99. The lowest BCUT2D eigenvalue weighted by atomic mass is 10.1. The molecule has 0 bridgehead atoms. The van der Waals surface area contributed by atoms with Crippen LogP contribution in [0.5, 0.6) is 11.5 Å². The van der Waals surface area contributed by atoms with Crippen LogP contribution in [0, 0.1) is 0 Å². The minimum Gasteiger partial charge on any atom is -0.453 e. The molecule has 0 saturated heterocycles. The number of benzene rings is 2. The van der Waals surface area contributed by atoms with Crippen molar-refractivity contribution in [2.24, 2.45) is 0 Å². The highest BCUT2D eigenvalue weighted by atomic mass is 16.5. The van der Waals surface area contributed by atoms with Crippen LogP contribution in [0.2, 0.25) is 0 Å². The van der Waals surface area contributed by atoms with E-state index in [1.54, 1.807) is 0 Å². The van der Waals surface area contributed by atoms with E-state index in [-0.39, 0.29) is 6.04 Å². The molecule has 0 aliphatic carbocycles. The highest BCUT2D eigenvalue weighted by molar-refractivity contribution is 5.78. The summed E-state index contributed by atoms with van der Waals surface area (Å²) < 4.78 is 11.6. The SMILES string of the molecule is C1=CC(N2c3ccccc3Oc3ccccc32)COC1.CC. The molecule has 0 spiro atoms. The Bertz CT molecular complexity index is 620. The standard InChI is InChI=1S/C17H15NO2.C2H6/c1-3-9-16-14(7-1)18(13-6-5-11-19-12-13)15-8-2-4-10-17(15)20-16;1-2/h1-10,13H,11-12H2;1-2H3. The van der Waals surface area contributed by atoms with E-state index in [9.17, 15) is 0 Å². The van der Waals surface area contributed by atoms with Crippen molar-refractivity contribution < 1.29 is 9.47 Å². The van der Waals surface area contributed by atoms with E-state index >= 15 is 0 Å². The monoisotopic (exact) mass is 295 g/mol. The Kier molecular flexibility index (Phi) is 4.45. The van der Waals surface area contributed by atoms with Crippen LogP contribution in [0.1, 0.15) is 13.8 Å². The lowest BCUT2D eigenvalue weighted by Crippen LogP contribution is -2.37. The van der Waals surface area contributed by atoms with E-state index in [1.165, 1.54) is 0 Å². The minimum absolute atomic E-state index is 0.204. The first kappa shape index (κ1) is 14.7. The molecule has 2 aliphatic heterocycles. The summed E-state index contributed by atoms with van der Waals surface area (Å²) in [5.41, 5.74) is 2.18. The second kappa shape index (κ2) is 6.67. The summed E-state index contributed by atoms with van der Waals surface area (Å²) >= 11 is 0. The second-order valence-corrected chi connectivity index (χ2v) is 4.94. The summed E-state index contributed by atoms with van der Waals surface area (Å²) in [6.07, 6.45) is 4.29. The number of para-hydroxylation sites is 4. The zero-order chi connectivity index (χ0) is 15.4. The molecule has 2 aliphatic rings. The third-order valence-electron chi connectivity index (χ3n) is 3.66. The average Bonchev–Trinajstić information content (AvgIpc) is 2.62. The molecule has 0 saturated carbocycles. The van der Waals surface area contributed by atoms with Crippen molar-refractivity contribution in [1.29, 1.82) is 0 Å². The Labute approximate surface area is 131 Å². The number of hydrogen-bond donors (Lipinski definition) is 0. The molecule has 4 rings (SSSR count). The van der Waals surface area contributed by atoms with Gasteiger partial charge < -0.3 is 14.4 Å². The van der Waals surface area contributed by atoms with Crippen LogP contribution >= 0.6 is 0 Å². The largest absolute Gasteiger partial charge is 0.453 e. The zero-order valence-corrected chi connectivity index (χ0v) is 13.0. The number of fused-ring (bicyclic) bond motifs is 2. The van der Waals surface area contributed by atoms with Crippen molar-refractivity contribution in [3.63, 3.8) is 0 Å². The van der Waals surface area contributed by atoms with Crippen LogP contribution < -0.4 is 9.64 Å². The molecule has 0 aromatic heterocycles. The number of anilines is 2. The summed E-state index contributed by atoms with van der Waals surface area (Å²) in [6.45, 7) is 5.39. The van der Waals surface area contributed by atoms with Gasteiger partial charge in [0.05, 0.1) is 30.6 Å². The van der Waals surface area contributed by atoms with Crippen LogP contribution in [-0.2, 0) is 4.74 Å². The van der Waals surface area contributed by atoms with E-state index in [4.69, 9.17) is 9.47 Å². The predicted octanol–water partition coefficient (Wildman–Crippen LogP) is 4.91. The smallest absolute Gasteiger partial charge is 0.151 e. The van der Waals surface area contributed by atoms with E-state index in [1.807, 2.05) is 50.2 Å². The molecule has 2 heterocycles. The summed E-state index contributed by atoms with van der Waals surface area (Å²) in [6, 6.07) is 16.5. The molecule has 0 amide bonds. The van der Waals surface area contributed by atoms with Crippen LogP contribution in [0.25, 0.3) is 0 Å². The highest BCUT2D eigenvalue weighted by Gasteiger charge is 2.29. The summed E-state index contributed by atoms with van der Waals surface area (Å²) in [5.74, 6) is 1.79. The summed E-state index contributed by atoms with van der Waals surface area (Å²) in [4.78, 5) is 2.30. The topological polar surface area (TPSA) is 21.7 Å². The first-order valence-corrected chi connectivity index (χ1v) is 7.83. The quantitative estimate of drug-likeness (QED) is 0.698. The van der Waals surface area contributed by atoms with Crippen molar-refractivity contribution in [3.8, 4) is 11.5 Å². The molecule has 0 radical (unpaired) electrons. The molecule has 0 fully saturated rings. The number of hydrogen-bond acceptors (Lipinski definition) is 3. The van der Waals surface area contributed by atoms with Gasteiger partial charge in [-0.05, 0) is 24.3 Å². The summed E-state index contributed by atoms with van der Waals surface area (Å²) in [7, 11) is 0. The third kappa shape index (κ3) is 2.60. The minimum atomic E-state index is 0.204. The lowest BCUT2D eigenvalue weighted by molar-refractivity contribution is 0.146. The molecule has 114 valence electrons. The molecule has 2 aromatic rings. The van der Waals surface area contributed by atoms with Gasteiger partial charge in [0.2, 0.25) is 0 Å². The summed E-state index contributed by atoms with van der Waals surface area (Å²) in [5, 5.41) is 0. The van der Waals surface area contributed by atoms with Gasteiger partial charge in [0, 0.05) is 0 Å². The van der Waals surface area contributed by atoms with Crippen LogP contribution in [0.3, 0.4) is 0 Å². The normalized spacial score (nSPS) is 18.5.